The molecule has 0 aromatic rings. The molecular weight excluding hydrogens is 154 g/mol. The van der Waals surface area contributed by atoms with Gasteiger partial charge in [0.1, 0.15) is 5.60 Å². The van der Waals surface area contributed by atoms with Gasteiger partial charge in [0.25, 0.3) is 5.91 Å². The van der Waals surface area contributed by atoms with Gasteiger partial charge < -0.3 is 10.4 Å². The Morgan fingerprint density at radius 2 is 2.08 bits per heavy atom. The average molecular weight is 173 g/mol. The zero-order valence-corrected chi connectivity index (χ0v) is 8.35. The van der Waals surface area contributed by atoms with Crippen LogP contribution in [0, 0.1) is 0 Å². The number of hydrogen-bond acceptors (Lipinski definition) is 2. The predicted octanol–water partition coefficient (Wildman–Crippen LogP) is 1.06. The van der Waals surface area contributed by atoms with E-state index < -0.39 is 5.60 Å². The minimum Gasteiger partial charge on any atom is -0.381 e. The number of carbonyl (C=O) groups excluding carboxylic acids is 1. The van der Waals surface area contributed by atoms with Gasteiger partial charge in [-0.1, -0.05) is 13.3 Å². The Balaban J connectivity index is 3.85. The molecule has 3 heteroatoms. The minimum absolute atomic E-state index is 0.147. The maximum absolute atomic E-state index is 11.2. The lowest BCUT2D eigenvalue weighted by Gasteiger charge is -2.20. The second kappa shape index (κ2) is 4.45. The van der Waals surface area contributed by atoms with Crippen LogP contribution in [0.15, 0.2) is 0 Å². The number of nitrogens with one attached hydrogen (secondary N) is 1. The Hall–Kier alpha value is -0.570. The van der Waals surface area contributed by atoms with Crippen LogP contribution in [0.1, 0.15) is 40.5 Å². The van der Waals surface area contributed by atoms with Crippen molar-refractivity contribution in [1.29, 1.82) is 0 Å². The molecular formula is C9H19NO2. The van der Waals surface area contributed by atoms with Gasteiger partial charge >= 0.3 is 0 Å². The quantitative estimate of drug-likeness (QED) is 0.668. The fraction of sp³-hybridized carbons (Fsp3) is 0.889. The molecule has 0 aliphatic rings. The van der Waals surface area contributed by atoms with Crippen molar-refractivity contribution in [2.45, 2.75) is 52.2 Å². The van der Waals surface area contributed by atoms with Crippen molar-refractivity contribution in [3.05, 3.63) is 0 Å². The highest BCUT2D eigenvalue weighted by Gasteiger charge is 2.24. The van der Waals surface area contributed by atoms with Crippen LogP contribution in [0.5, 0.6) is 0 Å². The van der Waals surface area contributed by atoms with E-state index in [1.54, 1.807) is 0 Å². The van der Waals surface area contributed by atoms with E-state index in [4.69, 9.17) is 0 Å². The van der Waals surface area contributed by atoms with Crippen LogP contribution in [0.2, 0.25) is 0 Å². The Bertz CT molecular complexity index is 149. The van der Waals surface area contributed by atoms with Crippen molar-refractivity contribution in [3.63, 3.8) is 0 Å². The van der Waals surface area contributed by atoms with E-state index in [0.29, 0.717) is 0 Å². The molecule has 1 unspecified atom stereocenters. The highest BCUT2D eigenvalue weighted by Crippen LogP contribution is 2.02. The second-order valence-corrected chi connectivity index (χ2v) is 3.72. The lowest BCUT2D eigenvalue weighted by Crippen LogP contribution is -2.45. The van der Waals surface area contributed by atoms with Gasteiger partial charge in [0.15, 0.2) is 0 Å². The summed E-state index contributed by atoms with van der Waals surface area (Å²) in [5, 5.41) is 12.0. The molecule has 0 rings (SSSR count). The normalized spacial score (nSPS) is 14.1. The van der Waals surface area contributed by atoms with E-state index in [0.717, 1.165) is 12.8 Å². The summed E-state index contributed by atoms with van der Waals surface area (Å²) in [6.07, 6.45) is 1.98. The molecule has 0 heterocycles. The maximum atomic E-state index is 11.2. The Labute approximate surface area is 74.2 Å². The Morgan fingerprint density at radius 3 is 2.42 bits per heavy atom. The number of amides is 1. The summed E-state index contributed by atoms with van der Waals surface area (Å²) in [7, 11) is 0. The smallest absolute Gasteiger partial charge is 0.251 e. The summed E-state index contributed by atoms with van der Waals surface area (Å²) in [4.78, 5) is 11.2. The van der Waals surface area contributed by atoms with Crippen molar-refractivity contribution in [1.82, 2.24) is 5.32 Å². The fourth-order valence-corrected chi connectivity index (χ4v) is 0.906. The Kier molecular flexibility index (Phi) is 4.24. The molecule has 3 nitrogen and oxygen atoms in total. The van der Waals surface area contributed by atoms with Gasteiger partial charge in [-0.3, -0.25) is 4.79 Å². The standard InChI is InChI=1S/C9H19NO2/c1-5-6-7(2)10-8(11)9(3,4)12/h7,12H,5-6H2,1-4H3,(H,10,11). The molecule has 0 aromatic carbocycles. The third-order valence-electron chi connectivity index (χ3n) is 1.65. The molecule has 0 aromatic heterocycles. The number of rotatable bonds is 4. The summed E-state index contributed by atoms with van der Waals surface area (Å²) < 4.78 is 0. The SMILES string of the molecule is CCCC(C)NC(=O)C(C)(C)O. The summed E-state index contributed by atoms with van der Waals surface area (Å²) in [5.74, 6) is -0.302. The first-order chi connectivity index (χ1) is 5.38. The molecule has 0 spiro atoms. The lowest BCUT2D eigenvalue weighted by molar-refractivity contribution is -0.137. The van der Waals surface area contributed by atoms with Gasteiger partial charge in [-0.2, -0.15) is 0 Å². The van der Waals surface area contributed by atoms with Crippen molar-refractivity contribution >= 4 is 5.91 Å². The summed E-state index contributed by atoms with van der Waals surface area (Å²) >= 11 is 0. The topological polar surface area (TPSA) is 49.3 Å². The van der Waals surface area contributed by atoms with Crippen molar-refractivity contribution in [2.75, 3.05) is 0 Å². The van der Waals surface area contributed by atoms with Crippen LogP contribution in [-0.4, -0.2) is 22.7 Å². The second-order valence-electron chi connectivity index (χ2n) is 3.72. The van der Waals surface area contributed by atoms with Gasteiger partial charge in [0.2, 0.25) is 0 Å². The zero-order chi connectivity index (χ0) is 9.78. The third-order valence-corrected chi connectivity index (χ3v) is 1.65. The first-order valence-electron chi connectivity index (χ1n) is 4.41. The molecule has 0 fully saturated rings. The molecule has 0 radical (unpaired) electrons. The van der Waals surface area contributed by atoms with E-state index in [2.05, 4.69) is 12.2 Å². The first-order valence-corrected chi connectivity index (χ1v) is 4.41. The summed E-state index contributed by atoms with van der Waals surface area (Å²) in [6, 6.07) is 0.147. The molecule has 12 heavy (non-hydrogen) atoms. The maximum Gasteiger partial charge on any atom is 0.251 e. The van der Waals surface area contributed by atoms with E-state index in [1.807, 2.05) is 6.92 Å². The van der Waals surface area contributed by atoms with E-state index in [9.17, 15) is 9.90 Å². The van der Waals surface area contributed by atoms with Crippen molar-refractivity contribution < 1.29 is 9.90 Å². The molecule has 0 bridgehead atoms. The fourth-order valence-electron chi connectivity index (χ4n) is 0.906. The molecule has 1 atom stereocenters. The summed E-state index contributed by atoms with van der Waals surface area (Å²) in [6.45, 7) is 6.97. The van der Waals surface area contributed by atoms with Gasteiger partial charge in [-0.15, -0.1) is 0 Å². The molecule has 0 saturated heterocycles. The summed E-state index contributed by atoms with van der Waals surface area (Å²) in [5.41, 5.74) is -1.26. The Morgan fingerprint density at radius 1 is 1.58 bits per heavy atom. The molecule has 0 saturated carbocycles. The van der Waals surface area contributed by atoms with Crippen LogP contribution in [0.3, 0.4) is 0 Å². The van der Waals surface area contributed by atoms with Crippen molar-refractivity contribution in [2.24, 2.45) is 0 Å². The van der Waals surface area contributed by atoms with Crippen LogP contribution < -0.4 is 5.32 Å². The molecule has 0 aliphatic carbocycles. The highest BCUT2D eigenvalue weighted by atomic mass is 16.3. The van der Waals surface area contributed by atoms with E-state index >= 15 is 0 Å². The van der Waals surface area contributed by atoms with E-state index in [-0.39, 0.29) is 11.9 Å². The average Bonchev–Trinajstić information content (AvgIpc) is 1.85. The first kappa shape index (κ1) is 11.4. The van der Waals surface area contributed by atoms with Crippen LogP contribution in [0.25, 0.3) is 0 Å². The molecule has 72 valence electrons. The highest BCUT2D eigenvalue weighted by molar-refractivity contribution is 5.84. The number of carbonyl (C=O) groups is 1. The van der Waals surface area contributed by atoms with Crippen molar-refractivity contribution in [3.8, 4) is 0 Å². The third kappa shape index (κ3) is 4.34. The monoisotopic (exact) mass is 173 g/mol. The predicted molar refractivity (Wildman–Crippen MR) is 48.8 cm³/mol. The molecule has 1 amide bonds. The van der Waals surface area contributed by atoms with Crippen LogP contribution in [-0.2, 0) is 4.79 Å². The lowest BCUT2D eigenvalue weighted by atomic mass is 10.1. The van der Waals surface area contributed by atoms with E-state index in [1.165, 1.54) is 13.8 Å². The molecule has 0 aliphatic heterocycles. The number of hydrogen-bond donors (Lipinski definition) is 2. The van der Waals surface area contributed by atoms with Gasteiger partial charge in [0.05, 0.1) is 0 Å². The minimum atomic E-state index is -1.26. The largest absolute Gasteiger partial charge is 0.381 e. The molecule has 2 N–H and O–H groups in total. The zero-order valence-electron chi connectivity index (χ0n) is 8.35. The number of aliphatic hydroxyl groups is 1. The van der Waals surface area contributed by atoms with Gasteiger partial charge in [0, 0.05) is 6.04 Å². The van der Waals surface area contributed by atoms with Gasteiger partial charge in [-0.25, -0.2) is 0 Å². The van der Waals surface area contributed by atoms with Crippen LogP contribution >= 0.6 is 0 Å². The van der Waals surface area contributed by atoms with Gasteiger partial charge in [-0.05, 0) is 27.2 Å². The van der Waals surface area contributed by atoms with Crippen LogP contribution in [0.4, 0.5) is 0 Å².